The Balaban J connectivity index is 2.10. The van der Waals surface area contributed by atoms with Crippen LogP contribution in [-0.2, 0) is 9.59 Å². The summed E-state index contributed by atoms with van der Waals surface area (Å²) in [4.78, 5) is 40.4. The third-order valence-corrected chi connectivity index (χ3v) is 5.83. The van der Waals surface area contributed by atoms with Crippen LogP contribution in [0.15, 0.2) is 60.7 Å². The molecule has 4 nitrogen and oxygen atoms in total. The third-order valence-electron chi connectivity index (χ3n) is 5.83. The Bertz CT molecular complexity index is 830. The van der Waals surface area contributed by atoms with E-state index in [9.17, 15) is 14.4 Å². The molecule has 0 aliphatic carbocycles. The zero-order valence-corrected chi connectivity index (χ0v) is 16.0. The van der Waals surface area contributed by atoms with Crippen molar-refractivity contribution in [2.45, 2.75) is 26.3 Å². The minimum absolute atomic E-state index is 0.0251. The number of rotatable bonds is 5. The van der Waals surface area contributed by atoms with Crippen LogP contribution in [0.5, 0.6) is 0 Å². The lowest BCUT2D eigenvalue weighted by molar-refractivity contribution is -0.144. The first kappa shape index (κ1) is 19.2. The first-order chi connectivity index (χ1) is 12.9. The summed E-state index contributed by atoms with van der Waals surface area (Å²) >= 11 is 0. The summed E-state index contributed by atoms with van der Waals surface area (Å²) in [5.41, 5.74) is 0.504. The average Bonchev–Trinajstić information content (AvgIpc) is 2.67. The number of ketones is 3. The molecule has 2 aromatic carbocycles. The van der Waals surface area contributed by atoms with E-state index in [1.54, 1.807) is 12.1 Å². The fraction of sp³-hybridized carbons (Fsp3) is 0.348. The molecular weight excluding hydrogens is 338 g/mol. The van der Waals surface area contributed by atoms with Crippen molar-refractivity contribution in [3.63, 3.8) is 0 Å². The molecule has 0 bridgehead atoms. The van der Waals surface area contributed by atoms with Gasteiger partial charge in [-0.3, -0.25) is 19.3 Å². The summed E-state index contributed by atoms with van der Waals surface area (Å²) in [6.45, 7) is 3.25. The molecule has 0 saturated carbocycles. The van der Waals surface area contributed by atoms with E-state index in [-0.39, 0.29) is 29.8 Å². The van der Waals surface area contributed by atoms with Crippen LogP contribution in [0.3, 0.4) is 0 Å². The molecule has 0 N–H and O–H groups in total. The summed E-state index contributed by atoms with van der Waals surface area (Å²) in [6.07, 6.45) is 0.245. The van der Waals surface area contributed by atoms with Gasteiger partial charge in [-0.25, -0.2) is 0 Å². The molecule has 2 atom stereocenters. The predicted molar refractivity (Wildman–Crippen MR) is 104 cm³/mol. The van der Waals surface area contributed by atoms with E-state index in [1.807, 2.05) is 60.5 Å². The number of benzene rings is 2. The smallest absolute Gasteiger partial charge is 0.167 e. The molecule has 1 fully saturated rings. The molecular formula is C23H25NO3. The first-order valence-electron chi connectivity index (χ1n) is 9.23. The highest BCUT2D eigenvalue weighted by Gasteiger charge is 2.52. The van der Waals surface area contributed by atoms with Crippen molar-refractivity contribution < 1.29 is 14.4 Å². The Morgan fingerprint density at radius 3 is 1.93 bits per heavy atom. The summed E-state index contributed by atoms with van der Waals surface area (Å²) in [5, 5.41) is 0. The molecule has 0 amide bonds. The number of hydrogen-bond acceptors (Lipinski definition) is 4. The highest BCUT2D eigenvalue weighted by Crippen LogP contribution is 2.45. The molecule has 0 aromatic heterocycles. The maximum atomic E-state index is 13.4. The Labute approximate surface area is 160 Å². The van der Waals surface area contributed by atoms with Crippen molar-refractivity contribution in [1.82, 2.24) is 4.90 Å². The van der Waals surface area contributed by atoms with Gasteiger partial charge in [-0.05, 0) is 32.9 Å². The van der Waals surface area contributed by atoms with Crippen LogP contribution in [0, 0.1) is 11.3 Å². The van der Waals surface area contributed by atoms with Crippen molar-refractivity contribution in [1.29, 1.82) is 0 Å². The number of likely N-dealkylation sites (tertiary alicyclic amines) is 1. The van der Waals surface area contributed by atoms with Gasteiger partial charge in [-0.1, -0.05) is 60.7 Å². The standard InChI is InChI=1S/C23H25NO3/c1-16(25)23(17(2)26)14-20(22(27)19-12-8-5-9-13-19)21(24(3)15-23)18-10-6-4-7-11-18/h4-13,20-21H,14-15H2,1-3H3. The van der Waals surface area contributed by atoms with Crippen LogP contribution < -0.4 is 0 Å². The van der Waals surface area contributed by atoms with Crippen LogP contribution in [-0.4, -0.2) is 35.8 Å². The van der Waals surface area contributed by atoms with E-state index in [4.69, 9.17) is 0 Å². The predicted octanol–water partition coefficient (Wildman–Crippen LogP) is 3.73. The summed E-state index contributed by atoms with van der Waals surface area (Å²) in [6, 6.07) is 18.8. The van der Waals surface area contributed by atoms with Gasteiger partial charge in [-0.2, -0.15) is 0 Å². The lowest BCUT2D eigenvalue weighted by Gasteiger charge is -2.47. The van der Waals surface area contributed by atoms with Gasteiger partial charge in [-0.15, -0.1) is 0 Å². The second kappa shape index (κ2) is 7.57. The Hall–Kier alpha value is -2.59. The van der Waals surface area contributed by atoms with Crippen LogP contribution >= 0.6 is 0 Å². The second-order valence-corrected chi connectivity index (χ2v) is 7.51. The van der Waals surface area contributed by atoms with Gasteiger partial charge in [0, 0.05) is 24.1 Å². The summed E-state index contributed by atoms with van der Waals surface area (Å²) in [7, 11) is 1.89. The van der Waals surface area contributed by atoms with E-state index in [0.717, 1.165) is 5.56 Å². The van der Waals surface area contributed by atoms with Crippen LogP contribution in [0.1, 0.15) is 42.2 Å². The molecule has 0 radical (unpaired) electrons. The molecule has 27 heavy (non-hydrogen) atoms. The van der Waals surface area contributed by atoms with Gasteiger partial charge in [0.25, 0.3) is 0 Å². The third kappa shape index (κ3) is 3.50. The number of nitrogens with zero attached hydrogens (tertiary/aromatic N) is 1. The van der Waals surface area contributed by atoms with E-state index in [2.05, 4.69) is 0 Å². The van der Waals surface area contributed by atoms with E-state index >= 15 is 0 Å². The van der Waals surface area contributed by atoms with E-state index < -0.39 is 11.3 Å². The average molecular weight is 363 g/mol. The second-order valence-electron chi connectivity index (χ2n) is 7.51. The van der Waals surface area contributed by atoms with Gasteiger partial charge in [0.15, 0.2) is 5.78 Å². The minimum Gasteiger partial charge on any atom is -0.299 e. The monoisotopic (exact) mass is 363 g/mol. The van der Waals surface area contributed by atoms with Crippen LogP contribution in [0.2, 0.25) is 0 Å². The van der Waals surface area contributed by atoms with Gasteiger partial charge in [0.05, 0.1) is 0 Å². The largest absolute Gasteiger partial charge is 0.299 e. The van der Waals surface area contributed by atoms with E-state index in [1.165, 1.54) is 13.8 Å². The maximum absolute atomic E-state index is 13.4. The normalized spacial score (nSPS) is 22.2. The fourth-order valence-corrected chi connectivity index (χ4v) is 4.33. The molecule has 0 spiro atoms. The topological polar surface area (TPSA) is 54.5 Å². The molecule has 1 saturated heterocycles. The number of hydrogen-bond donors (Lipinski definition) is 0. The zero-order valence-electron chi connectivity index (χ0n) is 16.0. The lowest BCUT2D eigenvalue weighted by atomic mass is 9.65. The highest BCUT2D eigenvalue weighted by molar-refractivity contribution is 6.07. The van der Waals surface area contributed by atoms with Crippen molar-refractivity contribution in [2.75, 3.05) is 13.6 Å². The Kier molecular flexibility index (Phi) is 5.38. The zero-order chi connectivity index (χ0) is 19.6. The van der Waals surface area contributed by atoms with Gasteiger partial charge < -0.3 is 0 Å². The molecule has 3 rings (SSSR count). The number of Topliss-reactive ketones (excluding diaryl/α,β-unsaturated/α-hetero) is 3. The minimum atomic E-state index is -1.13. The Morgan fingerprint density at radius 2 is 1.41 bits per heavy atom. The molecule has 1 aliphatic rings. The summed E-state index contributed by atoms with van der Waals surface area (Å²) in [5.74, 6) is -0.831. The molecule has 2 aromatic rings. The maximum Gasteiger partial charge on any atom is 0.167 e. The molecule has 2 unspecified atom stereocenters. The van der Waals surface area contributed by atoms with Crippen molar-refractivity contribution in [3.8, 4) is 0 Å². The fourth-order valence-electron chi connectivity index (χ4n) is 4.33. The molecule has 140 valence electrons. The number of carbonyl (C=O) groups is 3. The molecule has 1 aliphatic heterocycles. The van der Waals surface area contributed by atoms with E-state index in [0.29, 0.717) is 12.1 Å². The van der Waals surface area contributed by atoms with Gasteiger partial charge in [0.1, 0.15) is 17.0 Å². The molecule has 4 heteroatoms. The van der Waals surface area contributed by atoms with Gasteiger partial charge >= 0.3 is 0 Å². The SMILES string of the molecule is CC(=O)C1(C(C)=O)CC(C(=O)c2ccccc2)C(c2ccccc2)N(C)C1. The first-order valence-corrected chi connectivity index (χ1v) is 9.23. The highest BCUT2D eigenvalue weighted by atomic mass is 16.2. The van der Waals surface area contributed by atoms with Crippen LogP contribution in [0.25, 0.3) is 0 Å². The summed E-state index contributed by atoms with van der Waals surface area (Å²) < 4.78 is 0. The van der Waals surface area contributed by atoms with Crippen molar-refractivity contribution in [3.05, 3.63) is 71.8 Å². The Morgan fingerprint density at radius 1 is 0.889 bits per heavy atom. The van der Waals surface area contributed by atoms with Crippen molar-refractivity contribution >= 4 is 17.3 Å². The number of carbonyl (C=O) groups excluding carboxylic acids is 3. The van der Waals surface area contributed by atoms with Crippen LogP contribution in [0.4, 0.5) is 0 Å². The quantitative estimate of drug-likeness (QED) is 0.600. The molecule has 1 heterocycles. The van der Waals surface area contributed by atoms with Crippen molar-refractivity contribution in [2.24, 2.45) is 11.3 Å². The number of piperidine rings is 1. The van der Waals surface area contributed by atoms with Gasteiger partial charge in [0.2, 0.25) is 0 Å². The lowest BCUT2D eigenvalue weighted by Crippen LogP contribution is -2.55.